The largest absolute Gasteiger partial charge is 0.492 e. The van der Waals surface area contributed by atoms with Gasteiger partial charge in [-0.3, -0.25) is 4.79 Å². The summed E-state index contributed by atoms with van der Waals surface area (Å²) >= 11 is 0. The summed E-state index contributed by atoms with van der Waals surface area (Å²) in [7, 11) is 0. The van der Waals surface area contributed by atoms with Crippen LogP contribution >= 0.6 is 0 Å². The molecule has 1 amide bonds. The highest BCUT2D eigenvalue weighted by Gasteiger charge is 2.29. The molecule has 6 heteroatoms. The zero-order chi connectivity index (χ0) is 14.9. The number of aromatic nitrogens is 2. The van der Waals surface area contributed by atoms with Gasteiger partial charge in [0, 0.05) is 5.92 Å². The Labute approximate surface area is 127 Å². The van der Waals surface area contributed by atoms with E-state index in [2.05, 4.69) is 15.5 Å². The van der Waals surface area contributed by atoms with Crippen LogP contribution in [0.1, 0.15) is 36.0 Å². The molecule has 0 spiro atoms. The first kappa shape index (κ1) is 13.3. The SMILES string of the molecule is O=C(NCc1nc(C2CC2)no1)[C@H]1COc2ccccc2C1. The van der Waals surface area contributed by atoms with Crippen molar-refractivity contribution in [2.24, 2.45) is 5.92 Å². The molecule has 2 heterocycles. The van der Waals surface area contributed by atoms with E-state index in [1.165, 1.54) is 0 Å². The van der Waals surface area contributed by atoms with E-state index < -0.39 is 0 Å². The van der Waals surface area contributed by atoms with Crippen LogP contribution < -0.4 is 10.1 Å². The maximum atomic E-state index is 12.3. The van der Waals surface area contributed by atoms with Crippen LogP contribution in [0.5, 0.6) is 5.75 Å². The molecule has 1 aromatic carbocycles. The maximum absolute atomic E-state index is 12.3. The Kier molecular flexibility index (Phi) is 3.29. The van der Waals surface area contributed by atoms with E-state index in [1.807, 2.05) is 24.3 Å². The van der Waals surface area contributed by atoms with Gasteiger partial charge in [-0.25, -0.2) is 0 Å². The number of carbonyl (C=O) groups excluding carboxylic acids is 1. The van der Waals surface area contributed by atoms with Gasteiger partial charge in [-0.1, -0.05) is 23.4 Å². The van der Waals surface area contributed by atoms with Crippen molar-refractivity contribution >= 4 is 5.91 Å². The Morgan fingerprint density at radius 2 is 2.18 bits per heavy atom. The lowest BCUT2D eigenvalue weighted by Crippen LogP contribution is -2.37. The molecule has 1 aromatic heterocycles. The number of amides is 1. The topological polar surface area (TPSA) is 77.3 Å². The van der Waals surface area contributed by atoms with E-state index in [0.717, 1.165) is 30.0 Å². The fraction of sp³-hybridized carbons (Fsp3) is 0.438. The molecular formula is C16H17N3O3. The summed E-state index contributed by atoms with van der Waals surface area (Å²) in [6.07, 6.45) is 2.95. The lowest BCUT2D eigenvalue weighted by molar-refractivity contribution is -0.126. The molecule has 0 radical (unpaired) electrons. The van der Waals surface area contributed by atoms with Crippen LogP contribution in [0, 0.1) is 5.92 Å². The van der Waals surface area contributed by atoms with E-state index in [0.29, 0.717) is 24.8 Å². The molecular weight excluding hydrogens is 282 g/mol. The summed E-state index contributed by atoms with van der Waals surface area (Å²) < 4.78 is 10.8. The second-order valence-electron chi connectivity index (χ2n) is 5.86. The van der Waals surface area contributed by atoms with Gasteiger partial charge in [0.25, 0.3) is 0 Å². The highest BCUT2D eigenvalue weighted by molar-refractivity contribution is 5.79. The van der Waals surface area contributed by atoms with Crippen LogP contribution in [0.15, 0.2) is 28.8 Å². The molecule has 4 rings (SSSR count). The average molecular weight is 299 g/mol. The normalized spacial score (nSPS) is 20.1. The van der Waals surface area contributed by atoms with Crippen molar-refractivity contribution in [2.75, 3.05) is 6.61 Å². The van der Waals surface area contributed by atoms with Gasteiger partial charge in [0.05, 0.1) is 12.5 Å². The lowest BCUT2D eigenvalue weighted by Gasteiger charge is -2.24. The minimum Gasteiger partial charge on any atom is -0.492 e. The quantitative estimate of drug-likeness (QED) is 0.931. The molecule has 1 atom stereocenters. The smallest absolute Gasteiger partial charge is 0.246 e. The fourth-order valence-electron chi connectivity index (χ4n) is 2.65. The summed E-state index contributed by atoms with van der Waals surface area (Å²) in [5, 5.41) is 6.79. The standard InChI is InChI=1S/C16H17N3O3/c20-16(12-7-11-3-1-2-4-13(11)21-9-12)17-8-14-18-15(19-22-14)10-5-6-10/h1-4,10,12H,5-9H2,(H,17,20)/t12-/m1/s1. The molecule has 1 N–H and O–H groups in total. The van der Waals surface area contributed by atoms with E-state index in [-0.39, 0.29) is 18.4 Å². The van der Waals surface area contributed by atoms with Crippen LogP contribution in [-0.2, 0) is 17.8 Å². The number of carbonyl (C=O) groups is 1. The van der Waals surface area contributed by atoms with Crippen LogP contribution in [-0.4, -0.2) is 22.7 Å². The zero-order valence-electron chi connectivity index (χ0n) is 12.1. The van der Waals surface area contributed by atoms with Gasteiger partial charge < -0.3 is 14.6 Å². The summed E-state index contributed by atoms with van der Waals surface area (Å²) in [5.74, 6) is 2.34. The van der Waals surface area contributed by atoms with E-state index in [9.17, 15) is 4.79 Å². The highest BCUT2D eigenvalue weighted by Crippen LogP contribution is 2.38. The van der Waals surface area contributed by atoms with Gasteiger partial charge >= 0.3 is 0 Å². The van der Waals surface area contributed by atoms with E-state index in [1.54, 1.807) is 0 Å². The molecule has 0 unspecified atom stereocenters. The minimum absolute atomic E-state index is 0.0410. The predicted octanol–water partition coefficient (Wildman–Crippen LogP) is 1.81. The van der Waals surface area contributed by atoms with Crippen LogP contribution in [0.3, 0.4) is 0 Å². The van der Waals surface area contributed by atoms with Crippen molar-refractivity contribution < 1.29 is 14.1 Å². The monoisotopic (exact) mass is 299 g/mol. The van der Waals surface area contributed by atoms with Crippen molar-refractivity contribution in [1.29, 1.82) is 0 Å². The van der Waals surface area contributed by atoms with E-state index >= 15 is 0 Å². The number of rotatable bonds is 4. The number of benzene rings is 1. The molecule has 1 aliphatic carbocycles. The summed E-state index contributed by atoms with van der Waals surface area (Å²) in [4.78, 5) is 16.6. The molecule has 22 heavy (non-hydrogen) atoms. The number of para-hydroxylation sites is 1. The second kappa shape index (κ2) is 5.44. The minimum atomic E-state index is -0.180. The van der Waals surface area contributed by atoms with Crippen LogP contribution in [0.4, 0.5) is 0 Å². The zero-order valence-corrected chi connectivity index (χ0v) is 12.1. The Morgan fingerprint density at radius 1 is 1.32 bits per heavy atom. The first-order chi connectivity index (χ1) is 10.8. The van der Waals surface area contributed by atoms with Crippen LogP contribution in [0.25, 0.3) is 0 Å². The number of fused-ring (bicyclic) bond motifs is 1. The molecule has 1 fully saturated rings. The number of nitrogens with zero attached hydrogens (tertiary/aromatic N) is 2. The number of hydrogen-bond acceptors (Lipinski definition) is 5. The third-order valence-electron chi connectivity index (χ3n) is 4.09. The molecule has 1 saturated carbocycles. The Balaban J connectivity index is 1.34. The molecule has 0 bridgehead atoms. The van der Waals surface area contributed by atoms with Crippen molar-refractivity contribution in [1.82, 2.24) is 15.5 Å². The third-order valence-corrected chi connectivity index (χ3v) is 4.09. The molecule has 1 aliphatic heterocycles. The first-order valence-electron chi connectivity index (χ1n) is 7.60. The van der Waals surface area contributed by atoms with Gasteiger partial charge in [-0.05, 0) is 30.9 Å². The molecule has 2 aliphatic rings. The summed E-state index contributed by atoms with van der Waals surface area (Å²) in [6, 6.07) is 7.82. The first-order valence-corrected chi connectivity index (χ1v) is 7.60. The van der Waals surface area contributed by atoms with Crippen molar-refractivity contribution in [3.8, 4) is 5.75 Å². The highest BCUT2D eigenvalue weighted by atomic mass is 16.5. The van der Waals surface area contributed by atoms with Crippen LogP contribution in [0.2, 0.25) is 0 Å². The Bertz CT molecular complexity index is 693. The number of hydrogen-bond donors (Lipinski definition) is 1. The molecule has 114 valence electrons. The van der Waals surface area contributed by atoms with Gasteiger partial charge in [0.15, 0.2) is 5.82 Å². The van der Waals surface area contributed by atoms with Crippen molar-refractivity contribution in [3.05, 3.63) is 41.5 Å². The van der Waals surface area contributed by atoms with Crippen molar-refractivity contribution in [2.45, 2.75) is 31.7 Å². The van der Waals surface area contributed by atoms with Gasteiger partial charge in [0.1, 0.15) is 12.4 Å². The number of nitrogens with one attached hydrogen (secondary N) is 1. The predicted molar refractivity (Wildman–Crippen MR) is 77.3 cm³/mol. The van der Waals surface area contributed by atoms with E-state index in [4.69, 9.17) is 9.26 Å². The van der Waals surface area contributed by atoms with Gasteiger partial charge in [-0.15, -0.1) is 0 Å². The molecule has 6 nitrogen and oxygen atoms in total. The van der Waals surface area contributed by atoms with Crippen molar-refractivity contribution in [3.63, 3.8) is 0 Å². The maximum Gasteiger partial charge on any atom is 0.246 e. The Hall–Kier alpha value is -2.37. The Morgan fingerprint density at radius 3 is 3.05 bits per heavy atom. The fourth-order valence-corrected chi connectivity index (χ4v) is 2.65. The molecule has 2 aromatic rings. The second-order valence-corrected chi connectivity index (χ2v) is 5.86. The number of ether oxygens (including phenoxy) is 1. The third kappa shape index (κ3) is 2.68. The summed E-state index contributed by atoms with van der Waals surface area (Å²) in [6.45, 7) is 0.677. The lowest BCUT2D eigenvalue weighted by atomic mass is 9.96. The van der Waals surface area contributed by atoms with Gasteiger partial charge in [-0.2, -0.15) is 4.98 Å². The van der Waals surface area contributed by atoms with Gasteiger partial charge in [0.2, 0.25) is 11.8 Å². The average Bonchev–Trinajstić information content (AvgIpc) is 3.31. The molecule has 0 saturated heterocycles. The summed E-state index contributed by atoms with van der Waals surface area (Å²) in [5.41, 5.74) is 1.07.